The molecule has 72 valence electrons. The molecule has 0 aromatic carbocycles. The van der Waals surface area contributed by atoms with E-state index in [4.69, 9.17) is 10.5 Å². The minimum Gasteiger partial charge on any atom is -0.495 e. The van der Waals surface area contributed by atoms with Crippen molar-refractivity contribution in [2.24, 2.45) is 5.73 Å². The molecular weight excluding hydrogens is 184 g/mol. The fourth-order valence-electron chi connectivity index (χ4n) is 1.11. The van der Waals surface area contributed by atoms with Gasteiger partial charge in [0.15, 0.2) is 0 Å². The van der Waals surface area contributed by atoms with Gasteiger partial charge in [0.25, 0.3) is 0 Å². The Labute approximate surface area is 82.7 Å². The van der Waals surface area contributed by atoms with Crippen LogP contribution < -0.4 is 10.5 Å². The van der Waals surface area contributed by atoms with Crippen molar-refractivity contribution in [2.75, 3.05) is 19.1 Å². The van der Waals surface area contributed by atoms with Gasteiger partial charge in [0.05, 0.1) is 18.8 Å². The van der Waals surface area contributed by atoms with E-state index in [-0.39, 0.29) is 6.04 Å². The Hall–Kier alpha value is -0.740. The van der Waals surface area contributed by atoms with Gasteiger partial charge in [-0.05, 0) is 18.4 Å². The second kappa shape index (κ2) is 5.09. The number of aromatic nitrogens is 1. The van der Waals surface area contributed by atoms with Crippen LogP contribution in [-0.4, -0.2) is 24.1 Å². The number of pyridine rings is 1. The van der Waals surface area contributed by atoms with Crippen molar-refractivity contribution in [1.29, 1.82) is 0 Å². The molecule has 0 amide bonds. The zero-order valence-electron chi connectivity index (χ0n) is 7.86. The zero-order chi connectivity index (χ0) is 9.68. The lowest BCUT2D eigenvalue weighted by Gasteiger charge is -2.12. The summed E-state index contributed by atoms with van der Waals surface area (Å²) >= 11 is 1.70. The maximum atomic E-state index is 5.92. The molecule has 0 spiro atoms. The number of hydrogen-bond donors (Lipinski definition) is 1. The molecule has 0 radical (unpaired) electrons. The lowest BCUT2D eigenvalue weighted by Crippen LogP contribution is -2.15. The van der Waals surface area contributed by atoms with Crippen LogP contribution >= 0.6 is 11.8 Å². The van der Waals surface area contributed by atoms with Gasteiger partial charge >= 0.3 is 0 Å². The van der Waals surface area contributed by atoms with Crippen LogP contribution in [0.25, 0.3) is 0 Å². The van der Waals surface area contributed by atoms with E-state index in [1.165, 1.54) is 0 Å². The monoisotopic (exact) mass is 198 g/mol. The second-order valence-corrected chi connectivity index (χ2v) is 3.56. The van der Waals surface area contributed by atoms with Gasteiger partial charge in [-0.1, -0.05) is 0 Å². The highest BCUT2D eigenvalue weighted by molar-refractivity contribution is 7.98. The molecule has 0 aliphatic rings. The summed E-state index contributed by atoms with van der Waals surface area (Å²) in [5, 5.41) is 0. The van der Waals surface area contributed by atoms with Crippen LogP contribution in [0.1, 0.15) is 11.7 Å². The van der Waals surface area contributed by atoms with Gasteiger partial charge in [0, 0.05) is 11.9 Å². The summed E-state index contributed by atoms with van der Waals surface area (Å²) in [5.74, 6) is 1.62. The first kappa shape index (κ1) is 10.3. The highest BCUT2D eigenvalue weighted by atomic mass is 32.2. The third-order valence-corrected chi connectivity index (χ3v) is 2.41. The Morgan fingerprint density at radius 3 is 3.08 bits per heavy atom. The predicted octanol–water partition coefficient (Wildman–Crippen LogP) is 1.45. The molecule has 4 heteroatoms. The molecule has 1 rings (SSSR count). The molecule has 1 atom stereocenters. The third kappa shape index (κ3) is 2.60. The van der Waals surface area contributed by atoms with Crippen LogP contribution in [0.15, 0.2) is 18.3 Å². The number of rotatable bonds is 4. The molecule has 1 aromatic rings. The molecule has 0 fully saturated rings. The summed E-state index contributed by atoms with van der Waals surface area (Å²) in [6.07, 6.45) is 3.76. The molecule has 0 bridgehead atoms. The predicted molar refractivity (Wildman–Crippen MR) is 56.1 cm³/mol. The Kier molecular flexibility index (Phi) is 4.05. The number of thioether (sulfide) groups is 1. The minimum atomic E-state index is -0.0499. The quantitative estimate of drug-likeness (QED) is 0.795. The SMILES string of the molecule is COc1cccnc1C(N)CSC. The van der Waals surface area contributed by atoms with E-state index in [0.29, 0.717) is 0 Å². The van der Waals surface area contributed by atoms with E-state index in [9.17, 15) is 0 Å². The Morgan fingerprint density at radius 1 is 1.69 bits per heavy atom. The lowest BCUT2D eigenvalue weighted by molar-refractivity contribution is 0.404. The van der Waals surface area contributed by atoms with Crippen molar-refractivity contribution in [1.82, 2.24) is 4.98 Å². The Balaban J connectivity index is 2.85. The summed E-state index contributed by atoms with van der Waals surface area (Å²) in [4.78, 5) is 4.20. The zero-order valence-corrected chi connectivity index (χ0v) is 8.67. The maximum absolute atomic E-state index is 5.92. The maximum Gasteiger partial charge on any atom is 0.142 e. The molecule has 1 unspecified atom stereocenters. The molecule has 0 saturated carbocycles. The standard InChI is InChI=1S/C9H14N2OS/c1-12-8-4-3-5-11-9(8)7(10)6-13-2/h3-5,7H,6,10H2,1-2H3. The number of nitrogens with zero attached hydrogens (tertiary/aromatic N) is 1. The van der Waals surface area contributed by atoms with Gasteiger partial charge in [0.2, 0.25) is 0 Å². The highest BCUT2D eigenvalue weighted by Gasteiger charge is 2.11. The van der Waals surface area contributed by atoms with Crippen molar-refractivity contribution in [3.8, 4) is 5.75 Å². The van der Waals surface area contributed by atoms with Crippen molar-refractivity contribution in [3.05, 3.63) is 24.0 Å². The number of ether oxygens (including phenoxy) is 1. The van der Waals surface area contributed by atoms with Crippen LogP contribution in [0, 0.1) is 0 Å². The van der Waals surface area contributed by atoms with Crippen LogP contribution in [0.5, 0.6) is 5.75 Å². The van der Waals surface area contributed by atoms with E-state index < -0.39 is 0 Å². The van der Waals surface area contributed by atoms with E-state index in [1.807, 2.05) is 18.4 Å². The molecular formula is C9H14N2OS. The highest BCUT2D eigenvalue weighted by Crippen LogP contribution is 2.22. The average Bonchev–Trinajstić information content (AvgIpc) is 2.18. The first-order valence-electron chi connectivity index (χ1n) is 4.03. The minimum absolute atomic E-state index is 0.0499. The molecule has 1 aromatic heterocycles. The van der Waals surface area contributed by atoms with Crippen molar-refractivity contribution in [3.63, 3.8) is 0 Å². The third-order valence-electron chi connectivity index (χ3n) is 1.72. The molecule has 13 heavy (non-hydrogen) atoms. The molecule has 0 aliphatic carbocycles. The van der Waals surface area contributed by atoms with Gasteiger partial charge in [-0.15, -0.1) is 0 Å². The van der Waals surface area contributed by atoms with Crippen LogP contribution in [0.4, 0.5) is 0 Å². The van der Waals surface area contributed by atoms with E-state index in [0.717, 1.165) is 17.2 Å². The summed E-state index contributed by atoms with van der Waals surface area (Å²) in [6, 6.07) is 3.67. The average molecular weight is 198 g/mol. The van der Waals surface area contributed by atoms with Gasteiger partial charge in [0.1, 0.15) is 5.75 Å². The van der Waals surface area contributed by atoms with E-state index in [2.05, 4.69) is 4.98 Å². The molecule has 0 saturated heterocycles. The van der Waals surface area contributed by atoms with Crippen molar-refractivity contribution < 1.29 is 4.74 Å². The lowest BCUT2D eigenvalue weighted by atomic mass is 10.2. The van der Waals surface area contributed by atoms with Gasteiger partial charge in [-0.3, -0.25) is 4.98 Å². The fraction of sp³-hybridized carbons (Fsp3) is 0.444. The summed E-state index contributed by atoms with van der Waals surface area (Å²) in [6.45, 7) is 0. The second-order valence-electron chi connectivity index (χ2n) is 2.65. The smallest absolute Gasteiger partial charge is 0.142 e. The van der Waals surface area contributed by atoms with Crippen molar-refractivity contribution in [2.45, 2.75) is 6.04 Å². The van der Waals surface area contributed by atoms with Crippen LogP contribution in [-0.2, 0) is 0 Å². The topological polar surface area (TPSA) is 48.1 Å². The van der Waals surface area contributed by atoms with Gasteiger partial charge < -0.3 is 10.5 Å². The molecule has 1 heterocycles. The van der Waals surface area contributed by atoms with Gasteiger partial charge in [-0.25, -0.2) is 0 Å². The summed E-state index contributed by atoms with van der Waals surface area (Å²) in [5.41, 5.74) is 6.75. The summed E-state index contributed by atoms with van der Waals surface area (Å²) in [7, 11) is 1.63. The first-order chi connectivity index (χ1) is 6.29. The van der Waals surface area contributed by atoms with Crippen LogP contribution in [0.2, 0.25) is 0 Å². The first-order valence-corrected chi connectivity index (χ1v) is 5.42. The normalized spacial score (nSPS) is 12.5. The number of hydrogen-bond acceptors (Lipinski definition) is 4. The largest absolute Gasteiger partial charge is 0.495 e. The van der Waals surface area contributed by atoms with E-state index >= 15 is 0 Å². The molecule has 2 N–H and O–H groups in total. The van der Waals surface area contributed by atoms with Gasteiger partial charge in [-0.2, -0.15) is 11.8 Å². The molecule has 0 aliphatic heterocycles. The van der Waals surface area contributed by atoms with Crippen molar-refractivity contribution >= 4 is 11.8 Å². The summed E-state index contributed by atoms with van der Waals surface area (Å²) < 4.78 is 5.16. The van der Waals surface area contributed by atoms with Crippen LogP contribution in [0.3, 0.4) is 0 Å². The molecule has 3 nitrogen and oxygen atoms in total. The van der Waals surface area contributed by atoms with E-state index in [1.54, 1.807) is 25.1 Å². The number of nitrogens with two attached hydrogens (primary N) is 1. The Morgan fingerprint density at radius 2 is 2.46 bits per heavy atom. The number of methoxy groups -OCH3 is 1. The fourth-order valence-corrected chi connectivity index (χ4v) is 1.63. The Bertz CT molecular complexity index is 268.